The number of nitrogens with one attached hydrogen (secondary N) is 1. The van der Waals surface area contributed by atoms with E-state index in [1.54, 1.807) is 0 Å². The van der Waals surface area contributed by atoms with Crippen LogP contribution in [-0.2, 0) is 0 Å². The molecule has 0 aliphatic carbocycles. The maximum atomic E-state index is 12.5. The van der Waals surface area contributed by atoms with E-state index in [0.717, 1.165) is 37.3 Å². The summed E-state index contributed by atoms with van der Waals surface area (Å²) >= 11 is 0. The van der Waals surface area contributed by atoms with Crippen LogP contribution < -0.4 is 5.32 Å². The lowest BCUT2D eigenvalue weighted by Gasteiger charge is -2.38. The monoisotopic (exact) mass is 351 g/mol. The highest BCUT2D eigenvalue weighted by atomic mass is 16.1. The van der Waals surface area contributed by atoms with Gasteiger partial charge >= 0.3 is 0 Å². The number of aryl methyl sites for hydroxylation is 2. The van der Waals surface area contributed by atoms with Crippen LogP contribution in [0.2, 0.25) is 0 Å². The van der Waals surface area contributed by atoms with E-state index in [2.05, 4.69) is 53.4 Å². The summed E-state index contributed by atoms with van der Waals surface area (Å²) in [4.78, 5) is 17.4. The van der Waals surface area contributed by atoms with Crippen molar-refractivity contribution in [3.63, 3.8) is 0 Å². The van der Waals surface area contributed by atoms with Gasteiger partial charge in [-0.25, -0.2) is 0 Å². The molecule has 0 spiro atoms. The molecule has 1 aliphatic heterocycles. The Morgan fingerprint density at radius 3 is 2.04 bits per heavy atom. The van der Waals surface area contributed by atoms with E-state index >= 15 is 0 Å². The summed E-state index contributed by atoms with van der Waals surface area (Å²) in [5, 5.41) is 3.15. The fourth-order valence-electron chi connectivity index (χ4n) is 3.38. The average molecular weight is 351 g/mol. The molecule has 3 rings (SSSR count). The zero-order valence-electron chi connectivity index (χ0n) is 16.0. The van der Waals surface area contributed by atoms with Crippen molar-refractivity contribution < 1.29 is 4.79 Å². The zero-order valence-corrected chi connectivity index (χ0v) is 16.0. The van der Waals surface area contributed by atoms with Crippen molar-refractivity contribution in [1.29, 1.82) is 0 Å². The molecule has 4 nitrogen and oxygen atoms in total. The molecule has 1 atom stereocenters. The number of amides is 1. The number of carbonyl (C=O) groups excluding carboxylic acids is 1. The summed E-state index contributed by atoms with van der Waals surface area (Å²) in [7, 11) is 2.16. The maximum Gasteiger partial charge on any atom is 0.251 e. The SMILES string of the molecule is Cc1ccc(C(=O)NC[C@H](c2ccc(C)cc2)N2CCN(C)CC2)cc1. The van der Waals surface area contributed by atoms with Gasteiger partial charge in [0.2, 0.25) is 0 Å². The molecule has 138 valence electrons. The van der Waals surface area contributed by atoms with Crippen LogP contribution in [0.4, 0.5) is 0 Å². The molecule has 2 aromatic rings. The van der Waals surface area contributed by atoms with Gasteiger partial charge in [-0.05, 0) is 38.6 Å². The third-order valence-corrected chi connectivity index (χ3v) is 5.21. The van der Waals surface area contributed by atoms with Gasteiger partial charge in [-0.3, -0.25) is 9.69 Å². The van der Waals surface area contributed by atoms with Crippen LogP contribution in [0.1, 0.15) is 33.1 Å². The molecule has 1 heterocycles. The van der Waals surface area contributed by atoms with Crippen molar-refractivity contribution in [2.45, 2.75) is 19.9 Å². The van der Waals surface area contributed by atoms with Crippen LogP contribution >= 0.6 is 0 Å². The van der Waals surface area contributed by atoms with Crippen molar-refractivity contribution in [3.8, 4) is 0 Å². The molecule has 1 saturated heterocycles. The van der Waals surface area contributed by atoms with Crippen LogP contribution in [0, 0.1) is 13.8 Å². The summed E-state index contributed by atoms with van der Waals surface area (Å²) in [5.41, 5.74) is 4.41. The minimum atomic E-state index is -0.00348. The topological polar surface area (TPSA) is 35.6 Å². The second-order valence-corrected chi connectivity index (χ2v) is 7.34. The standard InChI is InChI=1S/C22H29N3O/c1-17-4-8-19(9-5-17)21(25-14-12-24(3)13-15-25)16-23-22(26)20-10-6-18(2)7-11-20/h4-11,21H,12-16H2,1-3H3,(H,23,26)/t21-/m1/s1. The van der Waals surface area contributed by atoms with Gasteiger partial charge in [0.1, 0.15) is 0 Å². The van der Waals surface area contributed by atoms with Gasteiger partial charge in [0, 0.05) is 38.3 Å². The molecule has 26 heavy (non-hydrogen) atoms. The fraction of sp³-hybridized carbons (Fsp3) is 0.409. The third-order valence-electron chi connectivity index (χ3n) is 5.21. The first kappa shape index (κ1) is 18.6. The van der Waals surface area contributed by atoms with E-state index in [1.165, 1.54) is 11.1 Å². The normalized spacial score (nSPS) is 17.0. The number of carbonyl (C=O) groups is 1. The van der Waals surface area contributed by atoms with E-state index < -0.39 is 0 Å². The van der Waals surface area contributed by atoms with Crippen LogP contribution in [0.5, 0.6) is 0 Å². The summed E-state index contributed by atoms with van der Waals surface area (Å²) in [6.45, 7) is 8.93. The van der Waals surface area contributed by atoms with Gasteiger partial charge in [-0.15, -0.1) is 0 Å². The van der Waals surface area contributed by atoms with Crippen molar-refractivity contribution in [2.24, 2.45) is 0 Å². The third kappa shape index (κ3) is 4.71. The predicted octanol–water partition coefficient (Wildman–Crippen LogP) is 3.02. The van der Waals surface area contributed by atoms with Crippen molar-refractivity contribution in [2.75, 3.05) is 39.8 Å². The molecule has 0 unspecified atom stereocenters. The average Bonchev–Trinajstić information content (AvgIpc) is 2.65. The lowest BCUT2D eigenvalue weighted by molar-refractivity contribution is 0.0886. The Bertz CT molecular complexity index is 716. The number of nitrogens with zero attached hydrogens (tertiary/aromatic N) is 2. The number of hydrogen-bond donors (Lipinski definition) is 1. The smallest absolute Gasteiger partial charge is 0.251 e. The predicted molar refractivity (Wildman–Crippen MR) is 107 cm³/mol. The van der Waals surface area contributed by atoms with Crippen molar-refractivity contribution in [3.05, 3.63) is 70.8 Å². The van der Waals surface area contributed by atoms with Crippen LogP contribution in [0.3, 0.4) is 0 Å². The van der Waals surface area contributed by atoms with E-state index in [4.69, 9.17) is 0 Å². The summed E-state index contributed by atoms with van der Waals surface area (Å²) in [6, 6.07) is 16.6. The molecule has 1 aliphatic rings. The van der Waals surface area contributed by atoms with Crippen LogP contribution in [0.15, 0.2) is 48.5 Å². The number of benzene rings is 2. The van der Waals surface area contributed by atoms with E-state index in [-0.39, 0.29) is 11.9 Å². The first-order valence-corrected chi connectivity index (χ1v) is 9.37. The Kier molecular flexibility index (Phi) is 6.07. The van der Waals surface area contributed by atoms with Gasteiger partial charge in [-0.1, -0.05) is 47.5 Å². The van der Waals surface area contributed by atoms with Crippen LogP contribution in [0.25, 0.3) is 0 Å². The van der Waals surface area contributed by atoms with Crippen LogP contribution in [-0.4, -0.2) is 55.5 Å². The second-order valence-electron chi connectivity index (χ2n) is 7.34. The zero-order chi connectivity index (χ0) is 18.5. The summed E-state index contributed by atoms with van der Waals surface area (Å²) < 4.78 is 0. The molecule has 1 amide bonds. The maximum absolute atomic E-state index is 12.5. The summed E-state index contributed by atoms with van der Waals surface area (Å²) in [6.07, 6.45) is 0. The molecule has 2 aromatic carbocycles. The quantitative estimate of drug-likeness (QED) is 0.899. The molecule has 1 N–H and O–H groups in total. The molecule has 0 bridgehead atoms. The first-order valence-electron chi connectivity index (χ1n) is 9.37. The van der Waals surface area contributed by atoms with Crippen molar-refractivity contribution in [1.82, 2.24) is 15.1 Å². The Balaban J connectivity index is 1.71. The molecular formula is C22H29N3O. The lowest BCUT2D eigenvalue weighted by Crippen LogP contribution is -2.48. The highest BCUT2D eigenvalue weighted by Crippen LogP contribution is 2.22. The Labute approximate surface area is 156 Å². The number of piperazine rings is 1. The van der Waals surface area contributed by atoms with E-state index in [1.807, 2.05) is 31.2 Å². The number of hydrogen-bond acceptors (Lipinski definition) is 3. The molecule has 4 heteroatoms. The van der Waals surface area contributed by atoms with Gasteiger partial charge in [0.25, 0.3) is 5.91 Å². The van der Waals surface area contributed by atoms with E-state index in [9.17, 15) is 4.79 Å². The Morgan fingerprint density at radius 1 is 0.923 bits per heavy atom. The minimum absolute atomic E-state index is 0.00348. The number of likely N-dealkylation sites (N-methyl/N-ethyl adjacent to an activating group) is 1. The number of rotatable bonds is 5. The molecule has 0 aromatic heterocycles. The van der Waals surface area contributed by atoms with Gasteiger partial charge < -0.3 is 10.2 Å². The van der Waals surface area contributed by atoms with Gasteiger partial charge in [0.15, 0.2) is 0 Å². The Hall–Kier alpha value is -2.17. The van der Waals surface area contributed by atoms with Gasteiger partial charge in [0.05, 0.1) is 6.04 Å². The first-order chi connectivity index (χ1) is 12.5. The highest BCUT2D eigenvalue weighted by Gasteiger charge is 2.24. The molecular weight excluding hydrogens is 322 g/mol. The second kappa shape index (κ2) is 8.47. The largest absolute Gasteiger partial charge is 0.350 e. The van der Waals surface area contributed by atoms with Gasteiger partial charge in [-0.2, -0.15) is 0 Å². The van der Waals surface area contributed by atoms with Crippen molar-refractivity contribution >= 4 is 5.91 Å². The minimum Gasteiger partial charge on any atom is -0.350 e. The van der Waals surface area contributed by atoms with E-state index in [0.29, 0.717) is 6.54 Å². The highest BCUT2D eigenvalue weighted by molar-refractivity contribution is 5.94. The fourth-order valence-corrected chi connectivity index (χ4v) is 3.38. The molecule has 0 radical (unpaired) electrons. The summed E-state index contributed by atoms with van der Waals surface area (Å²) in [5.74, 6) is -0.00348. The molecule has 1 fully saturated rings. The Morgan fingerprint density at radius 2 is 1.46 bits per heavy atom. The lowest BCUT2D eigenvalue weighted by atomic mass is 10.0. The molecule has 0 saturated carbocycles.